The zero-order chi connectivity index (χ0) is 15.7. The van der Waals surface area contributed by atoms with Gasteiger partial charge in [0.05, 0.1) is 16.6 Å². The molecular weight excluding hydrogens is 323 g/mol. The van der Waals surface area contributed by atoms with E-state index in [9.17, 15) is 4.79 Å². The summed E-state index contributed by atoms with van der Waals surface area (Å²) >= 11 is 11.9. The molecular formula is C16H20Cl2N2O2. The van der Waals surface area contributed by atoms with Gasteiger partial charge in [-0.05, 0) is 31.4 Å². The van der Waals surface area contributed by atoms with Gasteiger partial charge in [-0.2, -0.15) is 0 Å². The quantitative estimate of drug-likeness (QED) is 0.918. The van der Waals surface area contributed by atoms with Crippen molar-refractivity contribution < 1.29 is 9.53 Å². The Morgan fingerprint density at radius 3 is 2.73 bits per heavy atom. The first-order valence-electron chi connectivity index (χ1n) is 7.69. The summed E-state index contributed by atoms with van der Waals surface area (Å²) in [5.41, 5.74) is 5.90. The Bertz CT molecular complexity index is 567. The fraction of sp³-hybridized carbons (Fsp3) is 0.562. The molecule has 3 rings (SSSR count). The number of halogens is 2. The molecule has 1 aliphatic carbocycles. The summed E-state index contributed by atoms with van der Waals surface area (Å²) in [6, 6.07) is 5.41. The van der Waals surface area contributed by atoms with Crippen LogP contribution in [0, 0.1) is 5.92 Å². The maximum atomic E-state index is 12.5. The molecule has 3 atom stereocenters. The standard InChI is InChI=1S/C16H20Cl2N2O2/c17-14-4-3-12(8-15(14)18)22-13-5-6-20(9-13)16(21)10-1-2-11(19)7-10/h3-4,8,10-11,13H,1-2,5-7,9,19H2. The number of nitrogens with two attached hydrogens (primary N) is 1. The summed E-state index contributed by atoms with van der Waals surface area (Å²) in [7, 11) is 0. The molecule has 1 saturated carbocycles. The SMILES string of the molecule is NC1CCC(C(=O)N2CCC(Oc3ccc(Cl)c(Cl)c3)C2)C1. The maximum Gasteiger partial charge on any atom is 0.225 e. The molecule has 1 heterocycles. The van der Waals surface area contributed by atoms with Gasteiger partial charge >= 0.3 is 0 Å². The average molecular weight is 343 g/mol. The molecule has 6 heteroatoms. The Morgan fingerprint density at radius 2 is 2.05 bits per heavy atom. The third-order valence-electron chi connectivity index (χ3n) is 4.47. The van der Waals surface area contributed by atoms with Gasteiger partial charge in [-0.1, -0.05) is 23.2 Å². The first kappa shape index (κ1) is 15.9. The minimum Gasteiger partial charge on any atom is -0.488 e. The van der Waals surface area contributed by atoms with Crippen LogP contribution in [0.2, 0.25) is 10.0 Å². The van der Waals surface area contributed by atoms with E-state index in [-0.39, 0.29) is 24.0 Å². The van der Waals surface area contributed by atoms with Gasteiger partial charge < -0.3 is 15.4 Å². The van der Waals surface area contributed by atoms with Crippen LogP contribution in [0.5, 0.6) is 5.75 Å². The van der Waals surface area contributed by atoms with Crippen molar-refractivity contribution >= 4 is 29.1 Å². The van der Waals surface area contributed by atoms with Crippen molar-refractivity contribution in [3.05, 3.63) is 28.2 Å². The summed E-state index contributed by atoms with van der Waals surface area (Å²) in [5, 5.41) is 0.986. The van der Waals surface area contributed by atoms with Crippen molar-refractivity contribution in [3.63, 3.8) is 0 Å². The van der Waals surface area contributed by atoms with E-state index < -0.39 is 0 Å². The molecule has 1 amide bonds. The van der Waals surface area contributed by atoms with E-state index in [0.717, 1.165) is 32.2 Å². The zero-order valence-electron chi connectivity index (χ0n) is 12.3. The predicted molar refractivity (Wildman–Crippen MR) is 87.4 cm³/mol. The summed E-state index contributed by atoms with van der Waals surface area (Å²) in [6.45, 7) is 1.38. The monoisotopic (exact) mass is 342 g/mol. The van der Waals surface area contributed by atoms with Crippen LogP contribution in [0.4, 0.5) is 0 Å². The number of rotatable bonds is 3. The Balaban J connectivity index is 1.55. The van der Waals surface area contributed by atoms with Crippen LogP contribution in [-0.4, -0.2) is 36.0 Å². The van der Waals surface area contributed by atoms with E-state index in [1.807, 2.05) is 4.90 Å². The molecule has 0 radical (unpaired) electrons. The van der Waals surface area contributed by atoms with Gasteiger partial charge in [0.15, 0.2) is 0 Å². The molecule has 4 nitrogen and oxygen atoms in total. The minimum absolute atomic E-state index is 0.0104. The number of likely N-dealkylation sites (tertiary alicyclic amines) is 1. The summed E-state index contributed by atoms with van der Waals surface area (Å²) in [5.74, 6) is 1.02. The highest BCUT2D eigenvalue weighted by Crippen LogP contribution is 2.30. The number of carbonyl (C=O) groups is 1. The molecule has 1 aromatic rings. The predicted octanol–water partition coefficient (Wildman–Crippen LogP) is 3.10. The van der Waals surface area contributed by atoms with Crippen molar-refractivity contribution in [2.45, 2.75) is 37.8 Å². The molecule has 2 N–H and O–H groups in total. The number of ether oxygens (including phenoxy) is 1. The van der Waals surface area contributed by atoms with Crippen molar-refractivity contribution in [2.24, 2.45) is 11.7 Å². The molecule has 22 heavy (non-hydrogen) atoms. The van der Waals surface area contributed by atoms with Gasteiger partial charge in [-0.25, -0.2) is 0 Å². The lowest BCUT2D eigenvalue weighted by Crippen LogP contribution is -2.35. The molecule has 1 aromatic carbocycles. The molecule has 0 spiro atoms. The lowest BCUT2D eigenvalue weighted by Gasteiger charge is -2.21. The van der Waals surface area contributed by atoms with Crippen LogP contribution >= 0.6 is 23.2 Å². The second kappa shape index (κ2) is 6.65. The summed E-state index contributed by atoms with van der Waals surface area (Å²) < 4.78 is 5.91. The van der Waals surface area contributed by atoms with Gasteiger partial charge in [0, 0.05) is 31.0 Å². The number of hydrogen-bond acceptors (Lipinski definition) is 3. The van der Waals surface area contributed by atoms with Gasteiger partial charge in [0.25, 0.3) is 0 Å². The average Bonchev–Trinajstić information content (AvgIpc) is 3.11. The lowest BCUT2D eigenvalue weighted by atomic mass is 10.1. The molecule has 0 aromatic heterocycles. The van der Waals surface area contributed by atoms with Crippen LogP contribution in [0.1, 0.15) is 25.7 Å². The third kappa shape index (κ3) is 3.50. The number of nitrogens with zero attached hydrogens (tertiary/aromatic N) is 1. The molecule has 2 aliphatic rings. The molecule has 0 bridgehead atoms. The summed E-state index contributed by atoms with van der Waals surface area (Å²) in [4.78, 5) is 14.4. The van der Waals surface area contributed by atoms with Crippen LogP contribution < -0.4 is 10.5 Å². The highest BCUT2D eigenvalue weighted by Gasteiger charge is 2.35. The highest BCUT2D eigenvalue weighted by atomic mass is 35.5. The third-order valence-corrected chi connectivity index (χ3v) is 5.21. The van der Waals surface area contributed by atoms with E-state index in [1.165, 1.54) is 0 Å². The van der Waals surface area contributed by atoms with E-state index in [2.05, 4.69) is 0 Å². The van der Waals surface area contributed by atoms with Gasteiger partial charge in [0.1, 0.15) is 11.9 Å². The van der Waals surface area contributed by atoms with E-state index in [0.29, 0.717) is 22.3 Å². The fourth-order valence-corrected chi connectivity index (χ4v) is 3.55. The van der Waals surface area contributed by atoms with Gasteiger partial charge in [0.2, 0.25) is 5.91 Å². The van der Waals surface area contributed by atoms with Crippen LogP contribution in [0.15, 0.2) is 18.2 Å². The first-order chi connectivity index (χ1) is 10.5. The second-order valence-corrected chi connectivity index (χ2v) is 6.97. The van der Waals surface area contributed by atoms with E-state index in [4.69, 9.17) is 33.7 Å². The highest BCUT2D eigenvalue weighted by molar-refractivity contribution is 6.42. The van der Waals surface area contributed by atoms with Crippen molar-refractivity contribution in [2.75, 3.05) is 13.1 Å². The molecule has 1 aliphatic heterocycles. The lowest BCUT2D eigenvalue weighted by molar-refractivity contribution is -0.134. The topological polar surface area (TPSA) is 55.6 Å². The normalized spacial score (nSPS) is 28.1. The first-order valence-corrected chi connectivity index (χ1v) is 8.44. The number of carbonyl (C=O) groups excluding carboxylic acids is 1. The Labute approximate surface area is 140 Å². The summed E-state index contributed by atoms with van der Waals surface area (Å²) in [6.07, 6.45) is 3.52. The van der Waals surface area contributed by atoms with Crippen LogP contribution in [0.3, 0.4) is 0 Å². The zero-order valence-corrected chi connectivity index (χ0v) is 13.8. The van der Waals surface area contributed by atoms with Gasteiger partial charge in [-0.3, -0.25) is 4.79 Å². The maximum absolute atomic E-state index is 12.5. The van der Waals surface area contributed by atoms with Crippen LogP contribution in [0.25, 0.3) is 0 Å². The molecule has 3 unspecified atom stereocenters. The van der Waals surface area contributed by atoms with Crippen molar-refractivity contribution in [1.82, 2.24) is 4.90 Å². The van der Waals surface area contributed by atoms with Gasteiger partial charge in [-0.15, -0.1) is 0 Å². The fourth-order valence-electron chi connectivity index (χ4n) is 3.27. The second-order valence-electron chi connectivity index (χ2n) is 6.16. The van der Waals surface area contributed by atoms with E-state index >= 15 is 0 Å². The number of benzene rings is 1. The number of hydrogen-bond donors (Lipinski definition) is 1. The molecule has 120 valence electrons. The van der Waals surface area contributed by atoms with E-state index in [1.54, 1.807) is 18.2 Å². The Kier molecular flexibility index (Phi) is 4.81. The Hall–Kier alpha value is -0.970. The van der Waals surface area contributed by atoms with Crippen LogP contribution in [-0.2, 0) is 4.79 Å². The van der Waals surface area contributed by atoms with Crippen molar-refractivity contribution in [3.8, 4) is 5.75 Å². The molecule has 1 saturated heterocycles. The number of amides is 1. The largest absolute Gasteiger partial charge is 0.488 e. The van der Waals surface area contributed by atoms with Crippen molar-refractivity contribution in [1.29, 1.82) is 0 Å². The Morgan fingerprint density at radius 1 is 1.23 bits per heavy atom. The smallest absolute Gasteiger partial charge is 0.225 e. The molecule has 2 fully saturated rings. The minimum atomic E-state index is 0.0104.